The van der Waals surface area contributed by atoms with Crippen molar-refractivity contribution < 1.29 is 13.5 Å². The highest BCUT2D eigenvalue weighted by Crippen LogP contribution is 2.29. The quantitative estimate of drug-likeness (QED) is 0.570. The van der Waals surface area contributed by atoms with Gasteiger partial charge in [-0.15, -0.1) is 0 Å². The van der Waals surface area contributed by atoms with Crippen LogP contribution < -0.4 is 4.74 Å². The van der Waals surface area contributed by atoms with Gasteiger partial charge in [0.15, 0.2) is 11.6 Å². The number of hydrogen-bond donors (Lipinski definition) is 0. The second-order valence-corrected chi connectivity index (χ2v) is 4.83. The molecular formula is C11H5Br2F2NO. The van der Waals surface area contributed by atoms with Gasteiger partial charge in [0.25, 0.3) is 0 Å². The summed E-state index contributed by atoms with van der Waals surface area (Å²) < 4.78 is 32.6. The fourth-order valence-corrected chi connectivity index (χ4v) is 1.90. The van der Waals surface area contributed by atoms with Gasteiger partial charge < -0.3 is 4.74 Å². The SMILES string of the molecule is Fc1cc(Br)cc(Oc2cccc(Br)n2)c1F. The first-order valence-corrected chi connectivity index (χ1v) is 6.10. The van der Waals surface area contributed by atoms with Gasteiger partial charge in [0.05, 0.1) is 0 Å². The number of benzene rings is 1. The van der Waals surface area contributed by atoms with Crippen LogP contribution >= 0.6 is 31.9 Å². The summed E-state index contributed by atoms with van der Waals surface area (Å²) in [5, 5.41) is 0. The lowest BCUT2D eigenvalue weighted by Gasteiger charge is -2.07. The Hall–Kier alpha value is -1.01. The standard InChI is InChI=1S/C11H5Br2F2NO/c12-6-4-7(14)11(15)8(5-6)17-10-3-1-2-9(13)16-10/h1-5H. The molecule has 0 amide bonds. The van der Waals surface area contributed by atoms with Crippen molar-refractivity contribution in [1.82, 2.24) is 4.98 Å². The molecule has 88 valence electrons. The molecule has 0 unspecified atom stereocenters. The minimum Gasteiger partial charge on any atom is -0.436 e. The van der Waals surface area contributed by atoms with Crippen LogP contribution in [0.4, 0.5) is 8.78 Å². The van der Waals surface area contributed by atoms with Crippen molar-refractivity contribution in [3.05, 3.63) is 51.0 Å². The van der Waals surface area contributed by atoms with Gasteiger partial charge in [-0.2, -0.15) is 4.39 Å². The van der Waals surface area contributed by atoms with E-state index in [0.717, 1.165) is 6.07 Å². The highest BCUT2D eigenvalue weighted by atomic mass is 79.9. The molecule has 0 saturated heterocycles. The molecule has 1 aromatic heterocycles. The lowest BCUT2D eigenvalue weighted by molar-refractivity contribution is 0.404. The van der Waals surface area contributed by atoms with E-state index in [-0.39, 0.29) is 11.6 Å². The van der Waals surface area contributed by atoms with Crippen molar-refractivity contribution in [2.75, 3.05) is 0 Å². The molecule has 0 saturated carbocycles. The zero-order chi connectivity index (χ0) is 12.4. The normalized spacial score (nSPS) is 10.4. The fraction of sp³-hybridized carbons (Fsp3) is 0. The van der Waals surface area contributed by atoms with Crippen LogP contribution in [0.25, 0.3) is 0 Å². The third-order valence-corrected chi connectivity index (χ3v) is 2.76. The minimum atomic E-state index is -1.05. The molecule has 2 nitrogen and oxygen atoms in total. The van der Waals surface area contributed by atoms with Crippen molar-refractivity contribution in [1.29, 1.82) is 0 Å². The molecule has 1 heterocycles. The molecule has 0 bridgehead atoms. The molecule has 0 aliphatic carbocycles. The number of hydrogen-bond acceptors (Lipinski definition) is 2. The molecule has 0 atom stereocenters. The van der Waals surface area contributed by atoms with Gasteiger partial charge in [-0.3, -0.25) is 0 Å². The molecule has 1 aromatic carbocycles. The Morgan fingerprint density at radius 2 is 1.88 bits per heavy atom. The highest BCUT2D eigenvalue weighted by molar-refractivity contribution is 9.10. The Morgan fingerprint density at radius 1 is 1.12 bits per heavy atom. The Labute approximate surface area is 113 Å². The maximum Gasteiger partial charge on any atom is 0.220 e. The summed E-state index contributed by atoms with van der Waals surface area (Å²) in [7, 11) is 0. The van der Waals surface area contributed by atoms with Crippen LogP contribution in [0.1, 0.15) is 0 Å². The first-order valence-electron chi connectivity index (χ1n) is 4.51. The average molecular weight is 365 g/mol. The molecule has 0 fully saturated rings. The molecule has 2 rings (SSSR count). The summed E-state index contributed by atoms with van der Waals surface area (Å²) in [5.41, 5.74) is 0. The van der Waals surface area contributed by atoms with Crippen LogP contribution in [0.15, 0.2) is 39.4 Å². The lowest BCUT2D eigenvalue weighted by atomic mass is 10.3. The summed E-state index contributed by atoms with van der Waals surface area (Å²) in [6.45, 7) is 0. The van der Waals surface area contributed by atoms with E-state index in [1.54, 1.807) is 18.2 Å². The third-order valence-electron chi connectivity index (χ3n) is 1.86. The Bertz CT molecular complexity index is 563. The zero-order valence-electron chi connectivity index (χ0n) is 8.25. The van der Waals surface area contributed by atoms with E-state index in [4.69, 9.17) is 4.74 Å². The Morgan fingerprint density at radius 3 is 2.59 bits per heavy atom. The van der Waals surface area contributed by atoms with Crippen LogP contribution in [-0.2, 0) is 0 Å². The molecule has 0 aliphatic rings. The summed E-state index contributed by atoms with van der Waals surface area (Å²) >= 11 is 6.21. The highest BCUT2D eigenvalue weighted by Gasteiger charge is 2.12. The van der Waals surface area contributed by atoms with E-state index in [0.29, 0.717) is 9.08 Å². The Balaban J connectivity index is 2.36. The second-order valence-electron chi connectivity index (χ2n) is 3.10. The first-order chi connectivity index (χ1) is 8.06. The predicted molar refractivity (Wildman–Crippen MR) is 66.1 cm³/mol. The van der Waals surface area contributed by atoms with Crippen molar-refractivity contribution >= 4 is 31.9 Å². The van der Waals surface area contributed by atoms with Gasteiger partial charge in [-0.25, -0.2) is 9.37 Å². The van der Waals surface area contributed by atoms with Gasteiger partial charge in [-0.1, -0.05) is 22.0 Å². The van der Waals surface area contributed by atoms with Crippen molar-refractivity contribution in [2.45, 2.75) is 0 Å². The molecule has 0 radical (unpaired) electrons. The number of halogens is 4. The molecule has 17 heavy (non-hydrogen) atoms. The zero-order valence-corrected chi connectivity index (χ0v) is 11.4. The average Bonchev–Trinajstić information content (AvgIpc) is 2.25. The molecule has 0 spiro atoms. The van der Waals surface area contributed by atoms with Crippen LogP contribution in [0, 0.1) is 11.6 Å². The number of aromatic nitrogens is 1. The summed E-state index contributed by atoms with van der Waals surface area (Å²) in [6, 6.07) is 7.28. The molecule has 0 N–H and O–H groups in total. The van der Waals surface area contributed by atoms with E-state index in [1.807, 2.05) is 0 Å². The lowest BCUT2D eigenvalue weighted by Crippen LogP contribution is -1.94. The van der Waals surface area contributed by atoms with Crippen LogP contribution in [-0.4, -0.2) is 4.98 Å². The van der Waals surface area contributed by atoms with Crippen molar-refractivity contribution in [3.8, 4) is 11.6 Å². The number of ether oxygens (including phenoxy) is 1. The van der Waals surface area contributed by atoms with E-state index >= 15 is 0 Å². The largest absolute Gasteiger partial charge is 0.436 e. The number of rotatable bonds is 2. The second kappa shape index (κ2) is 5.10. The first kappa shape index (κ1) is 12.4. The third kappa shape index (κ3) is 3.01. The van der Waals surface area contributed by atoms with Crippen LogP contribution in [0.3, 0.4) is 0 Å². The summed E-state index contributed by atoms with van der Waals surface area (Å²) in [4.78, 5) is 3.96. The topological polar surface area (TPSA) is 22.1 Å². The Kier molecular flexibility index (Phi) is 3.73. The molecule has 0 aliphatic heterocycles. The van der Waals surface area contributed by atoms with Crippen molar-refractivity contribution in [2.24, 2.45) is 0 Å². The molecule has 6 heteroatoms. The minimum absolute atomic E-state index is 0.177. The smallest absolute Gasteiger partial charge is 0.220 e. The maximum absolute atomic E-state index is 13.4. The van der Waals surface area contributed by atoms with E-state index in [2.05, 4.69) is 36.8 Å². The van der Waals surface area contributed by atoms with Crippen LogP contribution in [0.2, 0.25) is 0 Å². The van der Waals surface area contributed by atoms with Gasteiger partial charge in [0, 0.05) is 10.5 Å². The summed E-state index contributed by atoms with van der Waals surface area (Å²) in [5.74, 6) is -2.07. The predicted octanol–water partition coefficient (Wildman–Crippen LogP) is 4.68. The maximum atomic E-state index is 13.4. The van der Waals surface area contributed by atoms with E-state index in [1.165, 1.54) is 6.07 Å². The van der Waals surface area contributed by atoms with E-state index < -0.39 is 11.6 Å². The number of pyridine rings is 1. The van der Waals surface area contributed by atoms with Gasteiger partial charge in [0.2, 0.25) is 11.7 Å². The summed E-state index contributed by atoms with van der Waals surface area (Å²) in [6.07, 6.45) is 0. The number of nitrogens with zero attached hydrogens (tertiary/aromatic N) is 1. The molecule has 2 aromatic rings. The monoisotopic (exact) mass is 363 g/mol. The van der Waals surface area contributed by atoms with Gasteiger partial charge >= 0.3 is 0 Å². The van der Waals surface area contributed by atoms with Crippen molar-refractivity contribution in [3.63, 3.8) is 0 Å². The molecular weight excluding hydrogens is 360 g/mol. The van der Waals surface area contributed by atoms with E-state index in [9.17, 15) is 8.78 Å². The van der Waals surface area contributed by atoms with Crippen LogP contribution in [0.5, 0.6) is 11.6 Å². The fourth-order valence-electron chi connectivity index (χ4n) is 1.17. The van der Waals surface area contributed by atoms with Gasteiger partial charge in [0.1, 0.15) is 4.60 Å². The van der Waals surface area contributed by atoms with Gasteiger partial charge in [-0.05, 0) is 34.1 Å².